The summed E-state index contributed by atoms with van der Waals surface area (Å²) in [4.78, 5) is 1.000. The lowest BCUT2D eigenvalue weighted by Gasteiger charge is -2.06. The number of anilines is 1. The van der Waals surface area contributed by atoms with Crippen molar-refractivity contribution in [3.63, 3.8) is 0 Å². The predicted octanol–water partition coefficient (Wildman–Crippen LogP) is 0.899. The number of benzene rings is 1. The highest BCUT2D eigenvalue weighted by Crippen LogP contribution is 2.25. The van der Waals surface area contributed by atoms with E-state index < -0.39 is 10.0 Å². The van der Waals surface area contributed by atoms with Gasteiger partial charge in [0.15, 0.2) is 0 Å². The fraction of sp³-hybridized carbons (Fsp3) is 0.250. The molecule has 0 fully saturated rings. The van der Waals surface area contributed by atoms with E-state index in [9.17, 15) is 8.42 Å². The summed E-state index contributed by atoms with van der Waals surface area (Å²) in [5.41, 5.74) is 6.24. The molecule has 78 valence electrons. The third kappa shape index (κ3) is 2.20. The molecule has 1 aromatic rings. The van der Waals surface area contributed by atoms with Gasteiger partial charge in [0, 0.05) is 10.6 Å². The first-order chi connectivity index (χ1) is 6.51. The second-order valence-corrected chi connectivity index (χ2v) is 5.35. The molecule has 1 rings (SSSR count). The van der Waals surface area contributed by atoms with Crippen LogP contribution in [0.25, 0.3) is 0 Å². The van der Waals surface area contributed by atoms with Gasteiger partial charge in [-0.1, -0.05) is 0 Å². The highest BCUT2D eigenvalue weighted by molar-refractivity contribution is 7.98. The van der Waals surface area contributed by atoms with Gasteiger partial charge in [-0.05, 0) is 31.5 Å². The zero-order chi connectivity index (χ0) is 10.8. The SMILES string of the molecule is CNS(=O)(=O)c1ccc(N)c(SC)c1. The van der Waals surface area contributed by atoms with Crippen molar-refractivity contribution in [3.05, 3.63) is 18.2 Å². The van der Waals surface area contributed by atoms with Crippen molar-refractivity contribution < 1.29 is 8.42 Å². The van der Waals surface area contributed by atoms with E-state index in [0.29, 0.717) is 5.69 Å². The van der Waals surface area contributed by atoms with E-state index in [1.165, 1.54) is 24.9 Å². The summed E-state index contributed by atoms with van der Waals surface area (Å²) in [5, 5.41) is 0. The van der Waals surface area contributed by atoms with E-state index in [1.54, 1.807) is 12.1 Å². The van der Waals surface area contributed by atoms with Gasteiger partial charge in [0.1, 0.15) is 0 Å². The molecule has 0 saturated heterocycles. The Morgan fingerprint density at radius 1 is 1.43 bits per heavy atom. The molecule has 4 nitrogen and oxygen atoms in total. The van der Waals surface area contributed by atoms with Gasteiger partial charge >= 0.3 is 0 Å². The van der Waals surface area contributed by atoms with Crippen LogP contribution in [0, 0.1) is 0 Å². The molecular formula is C8H12N2O2S2. The minimum atomic E-state index is -3.37. The van der Waals surface area contributed by atoms with Crippen molar-refractivity contribution in [2.75, 3.05) is 19.0 Å². The summed E-state index contributed by atoms with van der Waals surface area (Å²) < 4.78 is 25.1. The molecule has 0 unspecified atom stereocenters. The molecule has 0 aliphatic heterocycles. The standard InChI is InChI=1S/C8H12N2O2S2/c1-10-14(11,12)6-3-4-7(9)8(5-6)13-2/h3-5,10H,9H2,1-2H3. The van der Waals surface area contributed by atoms with Crippen LogP contribution in [0.4, 0.5) is 5.69 Å². The molecule has 0 radical (unpaired) electrons. The number of nitrogen functional groups attached to an aromatic ring is 1. The average molecular weight is 232 g/mol. The van der Waals surface area contributed by atoms with Crippen molar-refractivity contribution in [1.29, 1.82) is 0 Å². The van der Waals surface area contributed by atoms with Crippen LogP contribution in [-0.2, 0) is 10.0 Å². The number of nitrogens with one attached hydrogen (secondary N) is 1. The van der Waals surface area contributed by atoms with Gasteiger partial charge in [0.2, 0.25) is 10.0 Å². The maximum Gasteiger partial charge on any atom is 0.240 e. The number of rotatable bonds is 3. The molecule has 0 aliphatic rings. The first-order valence-corrected chi connectivity index (χ1v) is 6.59. The lowest BCUT2D eigenvalue weighted by Crippen LogP contribution is -2.18. The van der Waals surface area contributed by atoms with Gasteiger partial charge in [0.05, 0.1) is 4.90 Å². The van der Waals surface area contributed by atoms with E-state index in [-0.39, 0.29) is 4.90 Å². The number of thioether (sulfide) groups is 1. The van der Waals surface area contributed by atoms with Crippen LogP contribution in [0.3, 0.4) is 0 Å². The molecular weight excluding hydrogens is 220 g/mol. The van der Waals surface area contributed by atoms with Gasteiger partial charge in [-0.25, -0.2) is 13.1 Å². The highest BCUT2D eigenvalue weighted by Gasteiger charge is 2.12. The molecule has 0 atom stereocenters. The Morgan fingerprint density at radius 2 is 2.07 bits per heavy atom. The Bertz CT molecular complexity index is 429. The summed E-state index contributed by atoms with van der Waals surface area (Å²) in [7, 11) is -1.99. The van der Waals surface area contributed by atoms with Gasteiger partial charge in [-0.3, -0.25) is 0 Å². The quantitative estimate of drug-likeness (QED) is 0.600. The van der Waals surface area contributed by atoms with Gasteiger partial charge < -0.3 is 5.73 Å². The summed E-state index contributed by atoms with van der Waals surface area (Å²) in [5.74, 6) is 0. The zero-order valence-corrected chi connectivity index (χ0v) is 9.58. The lowest BCUT2D eigenvalue weighted by atomic mass is 10.3. The van der Waals surface area contributed by atoms with Crippen LogP contribution < -0.4 is 10.5 Å². The van der Waals surface area contributed by atoms with E-state index >= 15 is 0 Å². The Morgan fingerprint density at radius 3 is 2.57 bits per heavy atom. The Labute approximate surface area is 87.9 Å². The van der Waals surface area contributed by atoms with Crippen molar-refractivity contribution >= 4 is 27.5 Å². The van der Waals surface area contributed by atoms with E-state index in [1.807, 2.05) is 6.26 Å². The fourth-order valence-electron chi connectivity index (χ4n) is 0.976. The maximum absolute atomic E-state index is 11.4. The first-order valence-electron chi connectivity index (χ1n) is 3.88. The molecule has 0 spiro atoms. The molecule has 14 heavy (non-hydrogen) atoms. The minimum absolute atomic E-state index is 0.235. The average Bonchev–Trinajstić information content (AvgIpc) is 2.18. The van der Waals surface area contributed by atoms with Crippen LogP contribution in [0.1, 0.15) is 0 Å². The van der Waals surface area contributed by atoms with Crippen LogP contribution in [0.5, 0.6) is 0 Å². The van der Waals surface area contributed by atoms with E-state index in [0.717, 1.165) is 4.90 Å². The number of hydrogen-bond acceptors (Lipinski definition) is 4. The third-order valence-electron chi connectivity index (χ3n) is 1.78. The normalized spacial score (nSPS) is 11.6. The minimum Gasteiger partial charge on any atom is -0.398 e. The smallest absolute Gasteiger partial charge is 0.240 e. The molecule has 0 aromatic heterocycles. The summed E-state index contributed by atoms with van der Waals surface area (Å²) in [6.45, 7) is 0. The Hall–Kier alpha value is -0.720. The molecule has 0 aliphatic carbocycles. The van der Waals surface area contributed by atoms with E-state index in [4.69, 9.17) is 5.73 Å². The van der Waals surface area contributed by atoms with Crippen molar-refractivity contribution in [3.8, 4) is 0 Å². The molecule has 0 heterocycles. The van der Waals surface area contributed by atoms with Gasteiger partial charge in [0.25, 0.3) is 0 Å². The lowest BCUT2D eigenvalue weighted by molar-refractivity contribution is 0.588. The molecule has 0 saturated carbocycles. The first kappa shape index (κ1) is 11.4. The molecule has 6 heteroatoms. The monoisotopic (exact) mass is 232 g/mol. The van der Waals surface area contributed by atoms with Gasteiger partial charge in [-0.2, -0.15) is 0 Å². The molecule has 3 N–H and O–H groups in total. The highest BCUT2D eigenvalue weighted by atomic mass is 32.2. The number of hydrogen-bond donors (Lipinski definition) is 2. The maximum atomic E-state index is 11.4. The zero-order valence-electron chi connectivity index (χ0n) is 7.94. The Kier molecular flexibility index (Phi) is 3.41. The predicted molar refractivity (Wildman–Crippen MR) is 58.9 cm³/mol. The topological polar surface area (TPSA) is 72.2 Å². The fourth-order valence-corrected chi connectivity index (χ4v) is 2.36. The van der Waals surface area contributed by atoms with Crippen molar-refractivity contribution in [2.45, 2.75) is 9.79 Å². The van der Waals surface area contributed by atoms with Crippen molar-refractivity contribution in [1.82, 2.24) is 4.72 Å². The number of nitrogens with two attached hydrogens (primary N) is 1. The largest absolute Gasteiger partial charge is 0.398 e. The third-order valence-corrected chi connectivity index (χ3v) is 3.99. The Balaban J connectivity index is 3.26. The molecule has 1 aromatic carbocycles. The second-order valence-electron chi connectivity index (χ2n) is 2.61. The van der Waals surface area contributed by atoms with Crippen LogP contribution in [-0.4, -0.2) is 21.7 Å². The van der Waals surface area contributed by atoms with Crippen molar-refractivity contribution in [2.24, 2.45) is 0 Å². The van der Waals surface area contributed by atoms with Crippen LogP contribution in [0.15, 0.2) is 28.0 Å². The van der Waals surface area contributed by atoms with E-state index in [2.05, 4.69) is 4.72 Å². The summed E-state index contributed by atoms with van der Waals surface area (Å²) in [6, 6.07) is 4.64. The van der Waals surface area contributed by atoms with Crippen LogP contribution >= 0.6 is 11.8 Å². The van der Waals surface area contributed by atoms with Gasteiger partial charge in [-0.15, -0.1) is 11.8 Å². The molecule has 0 bridgehead atoms. The summed E-state index contributed by atoms with van der Waals surface area (Å²) >= 11 is 1.42. The number of sulfonamides is 1. The van der Waals surface area contributed by atoms with Crippen LogP contribution in [0.2, 0.25) is 0 Å². The molecule has 0 amide bonds. The second kappa shape index (κ2) is 4.20. The summed E-state index contributed by atoms with van der Waals surface area (Å²) in [6.07, 6.45) is 1.85.